The summed E-state index contributed by atoms with van der Waals surface area (Å²) in [6.45, 7) is 3.75. The highest BCUT2D eigenvalue weighted by Crippen LogP contribution is 2.32. The van der Waals surface area contributed by atoms with Gasteiger partial charge >= 0.3 is 5.97 Å². The number of ether oxygens (including phenoxy) is 1. The molecule has 0 aliphatic carbocycles. The normalized spacial score (nSPS) is 10.6. The fraction of sp³-hybridized carbons (Fsp3) is 0.120. The maximum absolute atomic E-state index is 11.5. The van der Waals surface area contributed by atoms with Crippen molar-refractivity contribution >= 4 is 141 Å². The van der Waals surface area contributed by atoms with Crippen molar-refractivity contribution in [2.75, 3.05) is 12.3 Å². The Kier molecular flexibility index (Phi) is 16.2. The molecular formula is C25H18Br3Cl6NO3. The third kappa shape index (κ3) is 11.6. The molecule has 13 heteroatoms. The van der Waals surface area contributed by atoms with Crippen LogP contribution in [0.25, 0.3) is 6.08 Å². The fourth-order valence-corrected chi connectivity index (χ4v) is 6.25. The van der Waals surface area contributed by atoms with E-state index in [1.165, 1.54) is 0 Å². The smallest absolute Gasteiger partial charge is 0.333 e. The number of anilines is 1. The Hall–Kier alpha value is -0.480. The zero-order valence-corrected chi connectivity index (χ0v) is 28.8. The van der Waals surface area contributed by atoms with Crippen LogP contribution in [0.5, 0.6) is 0 Å². The SMILES string of the molecule is CCOC(=O)/C(C)=C/c1c(Cl)cc(Br)cc1Cl.Nc1c(Cl)cc(Br)cc1Cl.O=Cc1c(Cl)cc(Br)cc1Cl. The van der Waals surface area contributed by atoms with Crippen LogP contribution in [0, 0.1) is 0 Å². The van der Waals surface area contributed by atoms with E-state index in [1.54, 1.807) is 56.3 Å². The van der Waals surface area contributed by atoms with Crippen molar-refractivity contribution in [2.24, 2.45) is 0 Å². The maximum Gasteiger partial charge on any atom is 0.333 e. The summed E-state index contributed by atoms with van der Waals surface area (Å²) < 4.78 is 7.26. The average Bonchev–Trinajstić information content (AvgIpc) is 2.80. The van der Waals surface area contributed by atoms with Gasteiger partial charge in [-0.25, -0.2) is 4.79 Å². The molecule has 3 aromatic rings. The van der Waals surface area contributed by atoms with Gasteiger partial charge in [-0.2, -0.15) is 0 Å². The maximum atomic E-state index is 11.5. The van der Waals surface area contributed by atoms with Gasteiger partial charge in [-0.05, 0) is 56.3 Å². The van der Waals surface area contributed by atoms with E-state index in [1.807, 2.05) is 0 Å². The zero-order chi connectivity index (χ0) is 29.2. The van der Waals surface area contributed by atoms with Crippen LogP contribution in [0.3, 0.4) is 0 Å². The highest BCUT2D eigenvalue weighted by molar-refractivity contribution is 9.11. The minimum absolute atomic E-state index is 0.330. The molecule has 0 unspecified atom stereocenters. The second kappa shape index (κ2) is 17.4. The van der Waals surface area contributed by atoms with Crippen molar-refractivity contribution in [1.29, 1.82) is 0 Å². The van der Waals surface area contributed by atoms with E-state index >= 15 is 0 Å². The van der Waals surface area contributed by atoms with E-state index in [4.69, 9.17) is 80.1 Å². The molecule has 0 aliphatic heterocycles. The molecule has 0 bridgehead atoms. The van der Waals surface area contributed by atoms with Gasteiger partial charge in [-0.3, -0.25) is 4.79 Å². The van der Waals surface area contributed by atoms with Crippen molar-refractivity contribution in [3.63, 3.8) is 0 Å². The van der Waals surface area contributed by atoms with Gasteiger partial charge in [0.25, 0.3) is 0 Å². The van der Waals surface area contributed by atoms with Gasteiger partial charge < -0.3 is 10.5 Å². The first-order chi connectivity index (χ1) is 17.7. The van der Waals surface area contributed by atoms with E-state index in [0.717, 1.165) is 13.4 Å². The van der Waals surface area contributed by atoms with Gasteiger partial charge in [0, 0.05) is 24.6 Å². The van der Waals surface area contributed by atoms with Crippen LogP contribution in [0.4, 0.5) is 5.69 Å². The number of halogens is 9. The Labute approximate surface area is 276 Å². The molecule has 3 aromatic carbocycles. The molecule has 0 aliphatic rings. The Morgan fingerprint density at radius 2 is 1.11 bits per heavy atom. The van der Waals surface area contributed by atoms with Crippen LogP contribution in [-0.4, -0.2) is 18.9 Å². The average molecular weight is 833 g/mol. The lowest BCUT2D eigenvalue weighted by atomic mass is 10.1. The summed E-state index contributed by atoms with van der Waals surface area (Å²) in [5, 5.41) is 2.62. The molecule has 0 amide bonds. The van der Waals surface area contributed by atoms with E-state index in [0.29, 0.717) is 65.4 Å². The zero-order valence-electron chi connectivity index (χ0n) is 19.5. The number of benzene rings is 3. The van der Waals surface area contributed by atoms with Gasteiger partial charge in [-0.1, -0.05) is 117 Å². The van der Waals surface area contributed by atoms with E-state index < -0.39 is 0 Å². The molecular weight excluding hydrogens is 815 g/mol. The minimum Gasteiger partial charge on any atom is -0.463 e. The summed E-state index contributed by atoms with van der Waals surface area (Å²) in [7, 11) is 0. The molecule has 38 heavy (non-hydrogen) atoms. The Morgan fingerprint density at radius 1 is 0.763 bits per heavy atom. The molecule has 0 heterocycles. The minimum atomic E-state index is -0.373. The lowest BCUT2D eigenvalue weighted by Crippen LogP contribution is -2.04. The third-order valence-electron chi connectivity index (χ3n) is 4.21. The van der Waals surface area contributed by atoms with Crippen LogP contribution >= 0.6 is 117 Å². The van der Waals surface area contributed by atoms with E-state index in [9.17, 15) is 9.59 Å². The molecule has 3 rings (SSSR count). The number of hydrogen-bond acceptors (Lipinski definition) is 4. The largest absolute Gasteiger partial charge is 0.463 e. The number of aldehydes is 1. The number of nitrogens with two attached hydrogens (primary N) is 1. The van der Waals surface area contributed by atoms with E-state index in [2.05, 4.69) is 47.8 Å². The first kappa shape index (κ1) is 35.5. The number of nitrogen functional groups attached to an aromatic ring is 1. The molecule has 0 saturated heterocycles. The second-order valence-electron chi connectivity index (χ2n) is 7.02. The highest BCUT2D eigenvalue weighted by Gasteiger charge is 2.10. The quantitative estimate of drug-likeness (QED) is 0.123. The predicted molar refractivity (Wildman–Crippen MR) is 173 cm³/mol. The number of hydrogen-bond donors (Lipinski definition) is 1. The summed E-state index contributed by atoms with van der Waals surface area (Å²) in [6, 6.07) is 10.1. The van der Waals surface area contributed by atoms with Gasteiger partial charge in [-0.15, -0.1) is 0 Å². The lowest BCUT2D eigenvalue weighted by molar-refractivity contribution is -0.138. The summed E-state index contributed by atoms with van der Waals surface area (Å²) in [4.78, 5) is 21.8. The van der Waals surface area contributed by atoms with Crippen LogP contribution in [0.1, 0.15) is 29.8 Å². The summed E-state index contributed by atoms with van der Waals surface area (Å²) in [5.74, 6) is -0.373. The lowest BCUT2D eigenvalue weighted by Gasteiger charge is -2.05. The first-order valence-corrected chi connectivity index (χ1v) is 14.9. The van der Waals surface area contributed by atoms with Crippen molar-refractivity contribution < 1.29 is 14.3 Å². The second-order valence-corrected chi connectivity index (χ2v) is 12.2. The standard InChI is InChI=1S/C12H11BrCl2O2.C7H3BrCl2O.C6H4BrCl2N/c1-3-17-12(16)7(2)4-9-10(14)5-8(13)6-11(9)15;8-4-1-6(9)5(3-11)7(10)2-4;7-3-1-4(8)6(10)5(9)2-3/h4-6H,3H2,1-2H3;1-3H;1-2H,10H2/b7-4+;;. The van der Waals surface area contributed by atoms with Crippen LogP contribution in [0.2, 0.25) is 30.1 Å². The molecule has 2 N–H and O–H groups in total. The molecule has 4 nitrogen and oxygen atoms in total. The van der Waals surface area contributed by atoms with Crippen molar-refractivity contribution in [2.45, 2.75) is 13.8 Å². The molecule has 0 saturated carbocycles. The third-order valence-corrected chi connectivity index (χ3v) is 7.46. The molecule has 0 atom stereocenters. The molecule has 0 spiro atoms. The fourth-order valence-electron chi connectivity index (χ4n) is 2.43. The molecule has 204 valence electrons. The van der Waals surface area contributed by atoms with Crippen LogP contribution in [0.15, 0.2) is 55.4 Å². The summed E-state index contributed by atoms with van der Waals surface area (Å²) >= 11 is 44.5. The van der Waals surface area contributed by atoms with Crippen LogP contribution < -0.4 is 5.73 Å². The Balaban J connectivity index is 0.000000299. The Morgan fingerprint density at radius 3 is 1.45 bits per heavy atom. The molecule has 0 aromatic heterocycles. The van der Waals surface area contributed by atoms with Gasteiger partial charge in [0.1, 0.15) is 0 Å². The van der Waals surface area contributed by atoms with Crippen molar-refractivity contribution in [3.05, 3.63) is 96.7 Å². The van der Waals surface area contributed by atoms with Gasteiger partial charge in [0.15, 0.2) is 6.29 Å². The number of carbonyl (C=O) groups is 2. The number of rotatable bonds is 4. The van der Waals surface area contributed by atoms with Crippen LogP contribution in [-0.2, 0) is 9.53 Å². The van der Waals surface area contributed by atoms with Crippen molar-refractivity contribution in [1.82, 2.24) is 0 Å². The number of carbonyl (C=O) groups excluding carboxylic acids is 2. The highest BCUT2D eigenvalue weighted by atomic mass is 79.9. The molecule has 0 fully saturated rings. The number of esters is 1. The monoisotopic (exact) mass is 827 g/mol. The first-order valence-electron chi connectivity index (χ1n) is 10.2. The predicted octanol–water partition coefficient (Wildman–Crippen LogP) is 11.6. The van der Waals surface area contributed by atoms with Crippen molar-refractivity contribution in [3.8, 4) is 0 Å². The summed E-state index contributed by atoms with van der Waals surface area (Å²) in [5.41, 5.74) is 7.29. The molecule has 0 radical (unpaired) electrons. The summed E-state index contributed by atoms with van der Waals surface area (Å²) in [6.07, 6.45) is 2.26. The topological polar surface area (TPSA) is 69.4 Å². The van der Waals surface area contributed by atoms with Gasteiger partial charge in [0.2, 0.25) is 0 Å². The van der Waals surface area contributed by atoms with Gasteiger partial charge in [0.05, 0.1) is 48.0 Å². The Bertz CT molecular complexity index is 1280. The van der Waals surface area contributed by atoms with E-state index in [-0.39, 0.29) is 5.97 Å².